The molecule has 8 nitrogen and oxygen atoms in total. The van der Waals surface area contributed by atoms with Crippen molar-refractivity contribution in [1.29, 1.82) is 0 Å². The Labute approximate surface area is 188 Å². The molecule has 1 aromatic heterocycles. The van der Waals surface area contributed by atoms with Crippen LogP contribution in [0.25, 0.3) is 0 Å². The second kappa shape index (κ2) is 10.1. The monoisotopic (exact) mass is 441 g/mol. The zero-order chi connectivity index (χ0) is 22.5. The summed E-state index contributed by atoms with van der Waals surface area (Å²) in [7, 11) is 3.18. The number of nitrogens with zero attached hydrogens (tertiary/aromatic N) is 2. The van der Waals surface area contributed by atoms with Crippen LogP contribution in [-0.2, 0) is 4.79 Å². The Morgan fingerprint density at radius 2 is 1.69 bits per heavy atom. The van der Waals surface area contributed by atoms with Crippen molar-refractivity contribution in [3.8, 4) is 11.5 Å². The maximum atomic E-state index is 13.5. The molecule has 2 fully saturated rings. The Balaban J connectivity index is 1.46. The molecule has 0 unspecified atom stereocenters. The summed E-state index contributed by atoms with van der Waals surface area (Å²) in [5.41, 5.74) is 0.654. The van der Waals surface area contributed by atoms with E-state index in [0.717, 1.165) is 25.7 Å². The number of hydrogen-bond acceptors (Lipinski definition) is 6. The molecule has 1 N–H and O–H groups in total. The Kier molecular flexibility index (Phi) is 6.99. The van der Waals surface area contributed by atoms with Crippen molar-refractivity contribution in [2.75, 3.05) is 45.7 Å². The molecule has 1 aromatic carbocycles. The van der Waals surface area contributed by atoms with E-state index in [-0.39, 0.29) is 17.9 Å². The molecule has 32 heavy (non-hydrogen) atoms. The van der Waals surface area contributed by atoms with Crippen molar-refractivity contribution in [2.24, 2.45) is 5.92 Å². The van der Waals surface area contributed by atoms with Crippen molar-refractivity contribution < 1.29 is 23.5 Å². The predicted molar refractivity (Wildman–Crippen MR) is 120 cm³/mol. The Morgan fingerprint density at radius 1 is 1.03 bits per heavy atom. The van der Waals surface area contributed by atoms with E-state index in [1.54, 1.807) is 49.5 Å². The summed E-state index contributed by atoms with van der Waals surface area (Å²) in [6.45, 7) is 2.46. The number of ether oxygens (including phenoxy) is 2. The number of nitrogens with one attached hydrogen (secondary N) is 1. The van der Waals surface area contributed by atoms with E-state index in [1.807, 2.05) is 0 Å². The molecule has 2 heterocycles. The van der Waals surface area contributed by atoms with Crippen LogP contribution in [0.5, 0.6) is 11.5 Å². The molecule has 2 aromatic rings. The molecule has 172 valence electrons. The summed E-state index contributed by atoms with van der Waals surface area (Å²) in [5.74, 6) is 1.81. The molecule has 0 spiro atoms. The van der Waals surface area contributed by atoms with Gasteiger partial charge in [-0.05, 0) is 30.9 Å². The van der Waals surface area contributed by atoms with Gasteiger partial charge in [-0.3, -0.25) is 14.5 Å². The number of benzene rings is 1. The van der Waals surface area contributed by atoms with Gasteiger partial charge in [0.15, 0.2) is 5.76 Å². The average Bonchev–Trinajstić information content (AvgIpc) is 3.54. The minimum Gasteiger partial charge on any atom is -0.497 e. The quantitative estimate of drug-likeness (QED) is 0.710. The van der Waals surface area contributed by atoms with Crippen LogP contribution in [-0.4, -0.2) is 68.1 Å². The molecular formula is C24H31N3O5. The van der Waals surface area contributed by atoms with E-state index in [2.05, 4.69) is 10.2 Å². The summed E-state index contributed by atoms with van der Waals surface area (Å²) in [6.07, 6.45) is 5.91. The molecule has 1 saturated carbocycles. The molecule has 1 saturated heterocycles. The van der Waals surface area contributed by atoms with Crippen LogP contribution in [0.15, 0.2) is 41.0 Å². The van der Waals surface area contributed by atoms with Crippen molar-refractivity contribution in [3.05, 3.63) is 42.4 Å². The number of carbonyl (C=O) groups excluding carboxylic acids is 2. The summed E-state index contributed by atoms with van der Waals surface area (Å²) < 4.78 is 15.9. The fourth-order valence-electron chi connectivity index (χ4n) is 4.81. The lowest BCUT2D eigenvalue weighted by Crippen LogP contribution is -2.56. The van der Waals surface area contributed by atoms with Crippen LogP contribution in [0.3, 0.4) is 0 Å². The van der Waals surface area contributed by atoms with E-state index in [9.17, 15) is 9.59 Å². The Morgan fingerprint density at radius 3 is 2.25 bits per heavy atom. The largest absolute Gasteiger partial charge is 0.497 e. The summed E-state index contributed by atoms with van der Waals surface area (Å²) in [5, 5.41) is 3.09. The second-order valence-corrected chi connectivity index (χ2v) is 8.39. The molecular weight excluding hydrogens is 410 g/mol. The van der Waals surface area contributed by atoms with E-state index < -0.39 is 0 Å². The number of methoxy groups -OCH3 is 2. The number of anilines is 1. The molecule has 2 amide bonds. The predicted octanol–water partition coefficient (Wildman–Crippen LogP) is 3.25. The van der Waals surface area contributed by atoms with Gasteiger partial charge in [-0.1, -0.05) is 12.8 Å². The lowest BCUT2D eigenvalue weighted by atomic mass is 9.94. The fourth-order valence-corrected chi connectivity index (χ4v) is 4.81. The Hall–Kier alpha value is -3.00. The zero-order valence-electron chi connectivity index (χ0n) is 18.7. The maximum absolute atomic E-state index is 13.5. The highest BCUT2D eigenvalue weighted by molar-refractivity contribution is 5.95. The first kappa shape index (κ1) is 22.2. The molecule has 1 aliphatic carbocycles. The first-order chi connectivity index (χ1) is 15.6. The summed E-state index contributed by atoms with van der Waals surface area (Å²) >= 11 is 0. The van der Waals surface area contributed by atoms with E-state index >= 15 is 0 Å². The summed E-state index contributed by atoms with van der Waals surface area (Å²) in [4.78, 5) is 30.1. The minimum absolute atomic E-state index is 0.0157. The first-order valence-corrected chi connectivity index (χ1v) is 11.2. The van der Waals surface area contributed by atoms with Crippen molar-refractivity contribution in [2.45, 2.75) is 31.7 Å². The number of rotatable bonds is 7. The topological polar surface area (TPSA) is 84.3 Å². The zero-order valence-corrected chi connectivity index (χ0v) is 18.7. The van der Waals surface area contributed by atoms with Gasteiger partial charge in [0.1, 0.15) is 11.5 Å². The summed E-state index contributed by atoms with van der Waals surface area (Å²) in [6, 6.07) is 8.55. The minimum atomic E-state index is -0.226. The number of carbonyl (C=O) groups is 2. The smallest absolute Gasteiger partial charge is 0.289 e. The number of furan rings is 1. The van der Waals surface area contributed by atoms with Gasteiger partial charge in [-0.2, -0.15) is 0 Å². The molecule has 1 atom stereocenters. The maximum Gasteiger partial charge on any atom is 0.289 e. The van der Waals surface area contributed by atoms with Gasteiger partial charge >= 0.3 is 0 Å². The fraction of sp³-hybridized carbons (Fsp3) is 0.500. The lowest BCUT2D eigenvalue weighted by molar-refractivity contribution is -0.123. The standard InChI is InChI=1S/C24H31N3O5/c1-30-19-14-18(15-20(16-19)31-2)25-23(28)22(17-6-3-4-7-17)26-9-11-27(12-10-26)24(29)21-8-5-13-32-21/h5,8,13-17,22H,3-4,6-7,9-12H2,1-2H3,(H,25,28)/t22-/m0/s1. The number of hydrogen-bond donors (Lipinski definition) is 1. The van der Waals surface area contributed by atoms with Gasteiger partial charge in [-0.25, -0.2) is 0 Å². The van der Waals surface area contributed by atoms with E-state index in [4.69, 9.17) is 13.9 Å². The van der Waals surface area contributed by atoms with Crippen molar-refractivity contribution in [1.82, 2.24) is 9.80 Å². The molecule has 2 aliphatic rings. The van der Waals surface area contributed by atoms with Crippen LogP contribution < -0.4 is 14.8 Å². The van der Waals surface area contributed by atoms with Gasteiger partial charge in [0.05, 0.1) is 26.5 Å². The van der Waals surface area contributed by atoms with Crippen molar-refractivity contribution in [3.63, 3.8) is 0 Å². The van der Waals surface area contributed by atoms with Gasteiger partial charge in [0.2, 0.25) is 5.91 Å². The highest BCUT2D eigenvalue weighted by Gasteiger charge is 2.37. The van der Waals surface area contributed by atoms with Gasteiger partial charge in [0.25, 0.3) is 5.91 Å². The highest BCUT2D eigenvalue weighted by atomic mass is 16.5. The highest BCUT2D eigenvalue weighted by Crippen LogP contribution is 2.32. The second-order valence-electron chi connectivity index (χ2n) is 8.39. The normalized spacial score (nSPS) is 18.4. The third-order valence-corrected chi connectivity index (χ3v) is 6.46. The first-order valence-electron chi connectivity index (χ1n) is 11.2. The van der Waals surface area contributed by atoms with Crippen molar-refractivity contribution >= 4 is 17.5 Å². The average molecular weight is 442 g/mol. The molecule has 0 radical (unpaired) electrons. The molecule has 4 rings (SSSR count). The Bertz CT molecular complexity index is 893. The van der Waals surface area contributed by atoms with E-state index in [0.29, 0.717) is 55.0 Å². The van der Waals surface area contributed by atoms with Crippen LogP contribution >= 0.6 is 0 Å². The molecule has 8 heteroatoms. The third kappa shape index (κ3) is 4.91. The van der Waals surface area contributed by atoms with E-state index in [1.165, 1.54) is 6.26 Å². The van der Waals surface area contributed by atoms with Gasteiger partial charge in [-0.15, -0.1) is 0 Å². The van der Waals surface area contributed by atoms with Crippen LogP contribution in [0.2, 0.25) is 0 Å². The number of piperazine rings is 1. The number of amides is 2. The van der Waals surface area contributed by atoms with Crippen LogP contribution in [0, 0.1) is 5.92 Å². The molecule has 1 aliphatic heterocycles. The van der Waals surface area contributed by atoms with Crippen LogP contribution in [0.1, 0.15) is 36.2 Å². The lowest BCUT2D eigenvalue weighted by Gasteiger charge is -2.40. The van der Waals surface area contributed by atoms with Gasteiger partial charge < -0.3 is 24.1 Å². The van der Waals surface area contributed by atoms with Gasteiger partial charge in [0, 0.05) is 50.1 Å². The molecule has 0 bridgehead atoms. The van der Waals surface area contributed by atoms with Crippen LogP contribution in [0.4, 0.5) is 5.69 Å². The SMILES string of the molecule is COc1cc(NC(=O)[C@H](C2CCCC2)N2CCN(C(=O)c3ccco3)CC2)cc(OC)c1. The third-order valence-electron chi connectivity index (χ3n) is 6.46.